The Labute approximate surface area is 182 Å². The molecule has 156 valence electrons. The van der Waals surface area contributed by atoms with Gasteiger partial charge in [0.1, 0.15) is 5.25 Å². The summed E-state index contributed by atoms with van der Waals surface area (Å²) in [5, 5.41) is 9.35. The number of esters is 1. The molecular weight excluding hydrogens is 428 g/mol. The molecule has 1 heterocycles. The number of hydrogen-bond donors (Lipinski definition) is 1. The first kappa shape index (κ1) is 21.9. The Balaban J connectivity index is 1.88. The number of carbonyl (C=O) groups excluding carboxylic acids is 2. The monoisotopic (exact) mass is 446 g/mol. The molecule has 0 aliphatic carbocycles. The van der Waals surface area contributed by atoms with Gasteiger partial charge in [0.05, 0.1) is 30.8 Å². The number of aliphatic carboxylic acids is 1. The zero-order valence-corrected chi connectivity index (χ0v) is 17.7. The summed E-state index contributed by atoms with van der Waals surface area (Å²) in [7, 11) is 0. The van der Waals surface area contributed by atoms with E-state index in [2.05, 4.69) is 4.99 Å². The van der Waals surface area contributed by atoms with Crippen LogP contribution in [0.5, 0.6) is 0 Å². The number of amidine groups is 1. The highest BCUT2D eigenvalue weighted by molar-refractivity contribution is 8.15. The first-order valence-electron chi connectivity index (χ1n) is 9.17. The Kier molecular flexibility index (Phi) is 7.12. The van der Waals surface area contributed by atoms with Crippen LogP contribution in [0.2, 0.25) is 5.02 Å². The van der Waals surface area contributed by atoms with E-state index in [4.69, 9.17) is 16.3 Å². The standard InChI is InChI=1S/C21H19ClN2O5S/c1-2-29-20(28)14-5-9-16(10-6-14)23-21-24(12-13-3-7-15(22)8-4-13)18(25)11-17(30-21)19(26)27/h3-10,17H,2,11-12H2,1H3,(H,26,27)/t17-/m1/s1. The highest BCUT2D eigenvalue weighted by Gasteiger charge is 2.35. The summed E-state index contributed by atoms with van der Waals surface area (Å²) in [5.41, 5.74) is 1.72. The van der Waals surface area contributed by atoms with Crippen molar-refractivity contribution in [3.63, 3.8) is 0 Å². The Morgan fingerprint density at radius 2 is 1.87 bits per heavy atom. The van der Waals surface area contributed by atoms with Gasteiger partial charge in [0.2, 0.25) is 5.91 Å². The number of rotatable bonds is 6. The van der Waals surface area contributed by atoms with Crippen LogP contribution >= 0.6 is 23.4 Å². The summed E-state index contributed by atoms with van der Waals surface area (Å²) in [4.78, 5) is 41.9. The summed E-state index contributed by atoms with van der Waals surface area (Å²) in [6.07, 6.45) is -0.117. The molecule has 1 aliphatic heterocycles. The first-order valence-corrected chi connectivity index (χ1v) is 10.4. The molecule has 0 unspecified atom stereocenters. The molecule has 2 aromatic carbocycles. The number of carboxylic acid groups (broad SMARTS) is 1. The van der Waals surface area contributed by atoms with E-state index in [1.54, 1.807) is 55.5 Å². The van der Waals surface area contributed by atoms with Crippen molar-refractivity contribution in [2.24, 2.45) is 4.99 Å². The number of ether oxygens (including phenoxy) is 1. The van der Waals surface area contributed by atoms with Crippen molar-refractivity contribution in [3.05, 3.63) is 64.7 Å². The maximum atomic E-state index is 12.7. The Morgan fingerprint density at radius 3 is 2.47 bits per heavy atom. The summed E-state index contributed by atoms with van der Waals surface area (Å²) < 4.78 is 4.96. The van der Waals surface area contributed by atoms with Gasteiger partial charge >= 0.3 is 11.9 Å². The Morgan fingerprint density at radius 1 is 1.20 bits per heavy atom. The van der Waals surface area contributed by atoms with Crippen molar-refractivity contribution in [1.29, 1.82) is 0 Å². The van der Waals surface area contributed by atoms with Crippen molar-refractivity contribution in [3.8, 4) is 0 Å². The first-order chi connectivity index (χ1) is 14.4. The SMILES string of the molecule is CCOC(=O)c1ccc(N=C2S[C@@H](C(=O)O)CC(=O)N2Cc2ccc(Cl)cc2)cc1. The number of carboxylic acids is 1. The maximum absolute atomic E-state index is 12.7. The fraction of sp³-hybridized carbons (Fsp3) is 0.238. The van der Waals surface area contributed by atoms with Gasteiger partial charge in [-0.1, -0.05) is 35.5 Å². The van der Waals surface area contributed by atoms with E-state index in [0.29, 0.717) is 16.3 Å². The number of halogens is 1. The Hall–Kier alpha value is -2.84. The van der Waals surface area contributed by atoms with Gasteiger partial charge in [0.25, 0.3) is 0 Å². The van der Waals surface area contributed by atoms with Crippen LogP contribution in [0.1, 0.15) is 29.3 Å². The summed E-state index contributed by atoms with van der Waals surface area (Å²) in [6, 6.07) is 13.4. The van der Waals surface area contributed by atoms with Gasteiger partial charge in [-0.15, -0.1) is 0 Å². The lowest BCUT2D eigenvalue weighted by molar-refractivity contribution is -0.139. The number of carbonyl (C=O) groups is 3. The van der Waals surface area contributed by atoms with E-state index >= 15 is 0 Å². The van der Waals surface area contributed by atoms with Gasteiger partial charge in [0.15, 0.2) is 5.17 Å². The van der Waals surface area contributed by atoms with E-state index in [1.165, 1.54) is 4.90 Å². The minimum absolute atomic E-state index is 0.117. The molecular formula is C21H19ClN2O5S. The second-order valence-electron chi connectivity index (χ2n) is 6.42. The molecule has 1 saturated heterocycles. The smallest absolute Gasteiger partial charge is 0.338 e. The molecule has 1 fully saturated rings. The van der Waals surface area contributed by atoms with Gasteiger partial charge in [-0.2, -0.15) is 0 Å². The molecule has 0 spiro atoms. The Bertz CT molecular complexity index is 976. The highest BCUT2D eigenvalue weighted by atomic mass is 35.5. The second-order valence-corrected chi connectivity index (χ2v) is 8.02. The largest absolute Gasteiger partial charge is 0.480 e. The molecule has 0 radical (unpaired) electrons. The van der Waals surface area contributed by atoms with E-state index in [-0.39, 0.29) is 30.6 Å². The van der Waals surface area contributed by atoms with Crippen molar-refractivity contribution < 1.29 is 24.2 Å². The summed E-state index contributed by atoms with van der Waals surface area (Å²) in [5.74, 6) is -1.82. The zero-order chi connectivity index (χ0) is 21.7. The highest BCUT2D eigenvalue weighted by Crippen LogP contribution is 2.30. The number of thioether (sulfide) groups is 1. The summed E-state index contributed by atoms with van der Waals surface area (Å²) in [6.45, 7) is 2.25. The van der Waals surface area contributed by atoms with Crippen LogP contribution in [0.15, 0.2) is 53.5 Å². The average molecular weight is 447 g/mol. The molecule has 9 heteroatoms. The number of aliphatic imine (C=N–C) groups is 1. The van der Waals surface area contributed by atoms with Crippen LogP contribution < -0.4 is 0 Å². The van der Waals surface area contributed by atoms with E-state index in [1.807, 2.05) is 0 Å². The van der Waals surface area contributed by atoms with Crippen LogP contribution in [0, 0.1) is 0 Å². The fourth-order valence-electron chi connectivity index (χ4n) is 2.76. The molecule has 3 rings (SSSR count). The molecule has 2 aromatic rings. The quantitative estimate of drug-likeness (QED) is 0.670. The molecule has 0 bridgehead atoms. The molecule has 1 amide bonds. The summed E-state index contributed by atoms with van der Waals surface area (Å²) >= 11 is 6.95. The van der Waals surface area contributed by atoms with Gasteiger partial charge < -0.3 is 9.84 Å². The van der Waals surface area contributed by atoms with Crippen LogP contribution in [-0.4, -0.2) is 44.9 Å². The third-order valence-electron chi connectivity index (χ3n) is 4.27. The second kappa shape index (κ2) is 9.77. The van der Waals surface area contributed by atoms with E-state index < -0.39 is 17.2 Å². The molecule has 1 N–H and O–H groups in total. The zero-order valence-electron chi connectivity index (χ0n) is 16.1. The van der Waals surface area contributed by atoms with Crippen molar-refractivity contribution in [2.45, 2.75) is 25.1 Å². The van der Waals surface area contributed by atoms with Gasteiger partial charge in [0, 0.05) is 5.02 Å². The molecule has 1 aliphatic rings. The number of amides is 1. The third-order valence-corrected chi connectivity index (χ3v) is 5.70. The predicted octanol–water partition coefficient (Wildman–Crippen LogP) is 4.12. The van der Waals surface area contributed by atoms with Crippen LogP contribution in [0.4, 0.5) is 5.69 Å². The minimum Gasteiger partial charge on any atom is -0.480 e. The van der Waals surface area contributed by atoms with E-state index in [0.717, 1.165) is 17.3 Å². The van der Waals surface area contributed by atoms with Crippen LogP contribution in [0.25, 0.3) is 0 Å². The van der Waals surface area contributed by atoms with Gasteiger partial charge in [-0.3, -0.25) is 14.5 Å². The molecule has 0 aromatic heterocycles. The van der Waals surface area contributed by atoms with Gasteiger partial charge in [-0.25, -0.2) is 9.79 Å². The van der Waals surface area contributed by atoms with Crippen molar-refractivity contribution in [2.75, 3.05) is 6.61 Å². The lowest BCUT2D eigenvalue weighted by atomic mass is 10.2. The molecule has 0 saturated carbocycles. The fourth-order valence-corrected chi connectivity index (χ4v) is 3.92. The number of benzene rings is 2. The maximum Gasteiger partial charge on any atom is 0.338 e. The normalized spacial score (nSPS) is 17.8. The number of hydrogen-bond acceptors (Lipinski definition) is 6. The lowest BCUT2D eigenvalue weighted by Crippen LogP contribution is -2.43. The average Bonchev–Trinajstić information content (AvgIpc) is 2.72. The van der Waals surface area contributed by atoms with Crippen molar-refractivity contribution in [1.82, 2.24) is 4.90 Å². The van der Waals surface area contributed by atoms with Gasteiger partial charge in [-0.05, 0) is 48.9 Å². The molecule has 7 nitrogen and oxygen atoms in total. The van der Waals surface area contributed by atoms with Crippen molar-refractivity contribution >= 4 is 52.1 Å². The minimum atomic E-state index is -1.06. The molecule has 1 atom stereocenters. The molecule has 30 heavy (non-hydrogen) atoms. The lowest BCUT2D eigenvalue weighted by Gasteiger charge is -2.30. The van der Waals surface area contributed by atoms with Crippen LogP contribution in [0.3, 0.4) is 0 Å². The van der Waals surface area contributed by atoms with Crippen LogP contribution in [-0.2, 0) is 20.9 Å². The predicted molar refractivity (Wildman–Crippen MR) is 115 cm³/mol. The topological polar surface area (TPSA) is 96.3 Å². The third kappa shape index (κ3) is 5.40. The van der Waals surface area contributed by atoms with E-state index in [9.17, 15) is 19.5 Å². The number of nitrogens with zero attached hydrogens (tertiary/aromatic N) is 2.